The van der Waals surface area contributed by atoms with E-state index in [1.807, 2.05) is 4.90 Å². The smallest absolute Gasteiger partial charge is 0.249 e. The summed E-state index contributed by atoms with van der Waals surface area (Å²) in [5, 5.41) is 3.77. The van der Waals surface area contributed by atoms with Crippen molar-refractivity contribution in [1.29, 1.82) is 0 Å². The molecule has 0 radical (unpaired) electrons. The molecule has 1 aliphatic rings. The highest BCUT2D eigenvalue weighted by Gasteiger charge is 2.33. The Balaban J connectivity index is 2.04. The van der Waals surface area contributed by atoms with Crippen molar-refractivity contribution >= 4 is 5.91 Å². The number of amides is 1. The maximum atomic E-state index is 12.0. The fourth-order valence-electron chi connectivity index (χ4n) is 2.10. The number of methoxy groups -OCH3 is 1. The van der Waals surface area contributed by atoms with Crippen molar-refractivity contribution in [2.75, 3.05) is 20.3 Å². The van der Waals surface area contributed by atoms with Crippen molar-refractivity contribution in [2.45, 2.75) is 32.2 Å². The molecule has 1 saturated heterocycles. The highest BCUT2D eigenvalue weighted by molar-refractivity contribution is 5.77. The third-order valence-corrected chi connectivity index (χ3v) is 2.92. The zero-order valence-electron chi connectivity index (χ0n) is 10.2. The lowest BCUT2D eigenvalue weighted by atomic mass is 10.2. The van der Waals surface area contributed by atoms with Gasteiger partial charge in [-0.2, -0.15) is 4.98 Å². The molecule has 0 aliphatic carbocycles. The molecule has 1 aromatic heterocycles. The highest BCUT2D eigenvalue weighted by Crippen LogP contribution is 2.31. The van der Waals surface area contributed by atoms with Gasteiger partial charge in [0.1, 0.15) is 6.04 Å². The number of likely N-dealkylation sites (tertiary alicyclic amines) is 1. The first-order valence-corrected chi connectivity index (χ1v) is 5.81. The molecule has 1 atom stereocenters. The van der Waals surface area contributed by atoms with Crippen molar-refractivity contribution in [3.05, 3.63) is 11.7 Å². The summed E-state index contributed by atoms with van der Waals surface area (Å²) in [6.45, 7) is 2.98. The maximum Gasteiger partial charge on any atom is 0.249 e. The zero-order chi connectivity index (χ0) is 12.3. The number of hydrogen-bond donors (Lipinski definition) is 0. The number of carbonyl (C=O) groups excluding carboxylic acids is 1. The summed E-state index contributed by atoms with van der Waals surface area (Å²) in [6.07, 6.45) is 2.27. The molecular formula is C11H17N3O3. The Kier molecular flexibility index (Phi) is 3.73. The first-order chi connectivity index (χ1) is 8.22. The van der Waals surface area contributed by atoms with E-state index >= 15 is 0 Å². The number of nitrogens with zero attached hydrogens (tertiary/aromatic N) is 3. The summed E-state index contributed by atoms with van der Waals surface area (Å²) >= 11 is 0. The van der Waals surface area contributed by atoms with E-state index in [1.165, 1.54) is 0 Å². The molecule has 1 amide bonds. The van der Waals surface area contributed by atoms with Crippen molar-refractivity contribution in [2.24, 2.45) is 0 Å². The van der Waals surface area contributed by atoms with Crippen molar-refractivity contribution in [3.8, 4) is 0 Å². The van der Waals surface area contributed by atoms with Crippen LogP contribution in [0.25, 0.3) is 0 Å². The van der Waals surface area contributed by atoms with Gasteiger partial charge >= 0.3 is 0 Å². The Morgan fingerprint density at radius 3 is 3.12 bits per heavy atom. The molecule has 94 valence electrons. The Morgan fingerprint density at radius 1 is 1.65 bits per heavy atom. The SMILES string of the molecule is COCCC(=O)N1CCC[C@H]1c1nc(C)no1. The number of aromatic nitrogens is 2. The summed E-state index contributed by atoms with van der Waals surface area (Å²) in [7, 11) is 1.59. The molecule has 1 aromatic rings. The highest BCUT2D eigenvalue weighted by atomic mass is 16.5. The average molecular weight is 239 g/mol. The van der Waals surface area contributed by atoms with Crippen LogP contribution in [0.4, 0.5) is 0 Å². The summed E-state index contributed by atoms with van der Waals surface area (Å²) in [4.78, 5) is 18.0. The second kappa shape index (κ2) is 5.27. The van der Waals surface area contributed by atoms with Gasteiger partial charge in [0.2, 0.25) is 11.8 Å². The minimum absolute atomic E-state index is 0.0550. The summed E-state index contributed by atoms with van der Waals surface area (Å²) in [5.74, 6) is 1.24. The van der Waals surface area contributed by atoms with Crippen LogP contribution in [0.5, 0.6) is 0 Å². The fraction of sp³-hybridized carbons (Fsp3) is 0.727. The van der Waals surface area contributed by atoms with Gasteiger partial charge in [0.15, 0.2) is 5.82 Å². The van der Waals surface area contributed by atoms with Crippen LogP contribution in [0.2, 0.25) is 0 Å². The van der Waals surface area contributed by atoms with E-state index in [2.05, 4.69) is 10.1 Å². The molecular weight excluding hydrogens is 222 g/mol. The quantitative estimate of drug-likeness (QED) is 0.786. The van der Waals surface area contributed by atoms with E-state index in [-0.39, 0.29) is 11.9 Å². The maximum absolute atomic E-state index is 12.0. The van der Waals surface area contributed by atoms with Crippen LogP contribution in [0.3, 0.4) is 0 Å². The molecule has 0 spiro atoms. The minimum Gasteiger partial charge on any atom is -0.384 e. The lowest BCUT2D eigenvalue weighted by molar-refractivity contribution is -0.133. The van der Waals surface area contributed by atoms with Gasteiger partial charge in [-0.15, -0.1) is 0 Å². The monoisotopic (exact) mass is 239 g/mol. The molecule has 1 fully saturated rings. The van der Waals surface area contributed by atoms with Gasteiger partial charge in [0.25, 0.3) is 0 Å². The standard InChI is InChI=1S/C11H17N3O3/c1-8-12-11(17-13-8)9-4-3-6-14(9)10(15)5-7-16-2/h9H,3-7H2,1-2H3/t9-/m0/s1. The molecule has 6 heteroatoms. The van der Waals surface area contributed by atoms with Gasteiger partial charge in [0.05, 0.1) is 13.0 Å². The molecule has 6 nitrogen and oxygen atoms in total. The van der Waals surface area contributed by atoms with Crippen LogP contribution in [-0.4, -0.2) is 41.2 Å². The van der Waals surface area contributed by atoms with Crippen molar-refractivity contribution < 1.29 is 14.1 Å². The Labute approximate surface area is 99.9 Å². The molecule has 17 heavy (non-hydrogen) atoms. The van der Waals surface area contributed by atoms with Crippen LogP contribution in [0.15, 0.2) is 4.52 Å². The lowest BCUT2D eigenvalue weighted by Crippen LogP contribution is -2.31. The van der Waals surface area contributed by atoms with E-state index in [4.69, 9.17) is 9.26 Å². The van der Waals surface area contributed by atoms with Gasteiger partial charge in [-0.05, 0) is 19.8 Å². The van der Waals surface area contributed by atoms with E-state index in [0.717, 1.165) is 19.4 Å². The Hall–Kier alpha value is -1.43. The fourth-order valence-corrected chi connectivity index (χ4v) is 2.10. The summed E-state index contributed by atoms with van der Waals surface area (Å²) in [6, 6.07) is -0.0550. The number of ether oxygens (including phenoxy) is 1. The largest absolute Gasteiger partial charge is 0.384 e. The first-order valence-electron chi connectivity index (χ1n) is 5.81. The normalized spacial score (nSPS) is 19.9. The Morgan fingerprint density at radius 2 is 2.47 bits per heavy atom. The number of aryl methyl sites for hydroxylation is 1. The van der Waals surface area contributed by atoms with Gasteiger partial charge < -0.3 is 14.2 Å². The van der Waals surface area contributed by atoms with Crippen LogP contribution in [0, 0.1) is 6.92 Å². The second-order valence-electron chi connectivity index (χ2n) is 4.17. The van der Waals surface area contributed by atoms with Gasteiger partial charge in [-0.25, -0.2) is 0 Å². The van der Waals surface area contributed by atoms with Gasteiger partial charge in [-0.3, -0.25) is 4.79 Å². The summed E-state index contributed by atoms with van der Waals surface area (Å²) in [5.41, 5.74) is 0. The van der Waals surface area contributed by atoms with Crippen LogP contribution < -0.4 is 0 Å². The van der Waals surface area contributed by atoms with Crippen molar-refractivity contribution in [3.63, 3.8) is 0 Å². The molecule has 1 aliphatic heterocycles. The third kappa shape index (κ3) is 2.63. The predicted molar refractivity (Wildman–Crippen MR) is 59.2 cm³/mol. The molecule has 0 unspecified atom stereocenters. The minimum atomic E-state index is -0.0550. The van der Waals surface area contributed by atoms with Crippen molar-refractivity contribution in [1.82, 2.24) is 15.0 Å². The second-order valence-corrected chi connectivity index (χ2v) is 4.17. The van der Waals surface area contributed by atoms with Crippen LogP contribution in [0.1, 0.15) is 37.0 Å². The molecule has 2 rings (SSSR count). The molecule has 0 N–H and O–H groups in total. The van der Waals surface area contributed by atoms with Gasteiger partial charge in [-0.1, -0.05) is 5.16 Å². The average Bonchev–Trinajstić information content (AvgIpc) is 2.93. The zero-order valence-corrected chi connectivity index (χ0v) is 10.2. The van der Waals surface area contributed by atoms with Crippen LogP contribution >= 0.6 is 0 Å². The topological polar surface area (TPSA) is 68.5 Å². The molecule has 2 heterocycles. The van der Waals surface area contributed by atoms with E-state index < -0.39 is 0 Å². The number of carbonyl (C=O) groups is 1. The third-order valence-electron chi connectivity index (χ3n) is 2.92. The molecule has 0 aromatic carbocycles. The van der Waals surface area contributed by atoms with Crippen LogP contribution in [-0.2, 0) is 9.53 Å². The number of rotatable bonds is 4. The van der Waals surface area contributed by atoms with E-state index in [1.54, 1.807) is 14.0 Å². The van der Waals surface area contributed by atoms with E-state index in [0.29, 0.717) is 24.7 Å². The van der Waals surface area contributed by atoms with E-state index in [9.17, 15) is 4.79 Å². The lowest BCUT2D eigenvalue weighted by Gasteiger charge is -2.21. The predicted octanol–water partition coefficient (Wildman–Crippen LogP) is 1.08. The summed E-state index contributed by atoms with van der Waals surface area (Å²) < 4.78 is 10.1. The Bertz CT molecular complexity index is 391. The van der Waals surface area contributed by atoms with Gasteiger partial charge in [0, 0.05) is 13.7 Å². The molecule has 0 bridgehead atoms. The number of hydrogen-bond acceptors (Lipinski definition) is 5. The molecule has 0 saturated carbocycles. The first kappa shape index (κ1) is 12.0.